The molecule has 1 fully saturated rings. The molecule has 3 nitrogen and oxygen atoms in total. The molecular weight excluding hydrogens is 286 g/mol. The topological polar surface area (TPSA) is 50.1 Å². The smallest absolute Gasteiger partial charge is 0.314 e. The second-order valence-electron chi connectivity index (χ2n) is 6.17. The lowest BCUT2D eigenvalue weighted by Gasteiger charge is -2.27. The maximum Gasteiger partial charge on any atom is 0.314 e. The lowest BCUT2D eigenvalue weighted by Crippen LogP contribution is -2.25. The van der Waals surface area contributed by atoms with Crippen molar-refractivity contribution in [2.45, 2.75) is 51.9 Å². The van der Waals surface area contributed by atoms with E-state index in [0.29, 0.717) is 5.75 Å². The number of esters is 1. The molecule has 2 rings (SSSR count). The molecule has 1 aromatic rings. The van der Waals surface area contributed by atoms with Gasteiger partial charge in [0.05, 0.1) is 5.92 Å². The summed E-state index contributed by atoms with van der Waals surface area (Å²) in [5.74, 6) is 6.30. The Balaban J connectivity index is 1.82. The van der Waals surface area contributed by atoms with Crippen molar-refractivity contribution in [3.8, 4) is 23.7 Å². The molecule has 23 heavy (non-hydrogen) atoms. The monoisotopic (exact) mass is 309 g/mol. The normalized spacial score (nSPS) is 20.0. The first-order valence-corrected chi connectivity index (χ1v) is 8.44. The summed E-state index contributed by atoms with van der Waals surface area (Å²) >= 11 is 0. The summed E-state index contributed by atoms with van der Waals surface area (Å²) in [6.07, 6.45) is 8.00. The molecule has 120 valence electrons. The molecule has 1 aromatic carbocycles. The van der Waals surface area contributed by atoms with Gasteiger partial charge in [-0.1, -0.05) is 32.1 Å². The minimum atomic E-state index is -0.116. The zero-order valence-electron chi connectivity index (χ0n) is 13.7. The third-order valence-corrected chi connectivity index (χ3v) is 4.48. The van der Waals surface area contributed by atoms with Crippen LogP contribution in [0.3, 0.4) is 0 Å². The Bertz CT molecular complexity index is 608. The number of rotatable bonds is 5. The van der Waals surface area contributed by atoms with E-state index in [-0.39, 0.29) is 11.9 Å². The van der Waals surface area contributed by atoms with Gasteiger partial charge in [0.15, 0.2) is 6.07 Å². The number of hydrogen-bond acceptors (Lipinski definition) is 3. The zero-order valence-corrected chi connectivity index (χ0v) is 13.7. The van der Waals surface area contributed by atoms with Gasteiger partial charge in [-0.3, -0.25) is 4.79 Å². The standard InChI is InChI=1S/C20H23NO2/c1-2-3-5-16-7-11-18(12-8-16)20(22)23-19-13-9-17(10-14-19)6-4-15-21/h9-10,13-14,16,18H,2-3,5,7-8,11-12H2,1H3. The van der Waals surface area contributed by atoms with Crippen molar-refractivity contribution in [1.82, 2.24) is 0 Å². The fourth-order valence-corrected chi connectivity index (χ4v) is 3.09. The Morgan fingerprint density at radius 2 is 1.91 bits per heavy atom. The van der Waals surface area contributed by atoms with E-state index in [2.05, 4.69) is 18.8 Å². The molecule has 0 amide bonds. The van der Waals surface area contributed by atoms with Gasteiger partial charge in [-0.05, 0) is 55.9 Å². The van der Waals surface area contributed by atoms with Crippen molar-refractivity contribution in [3.63, 3.8) is 0 Å². The lowest BCUT2D eigenvalue weighted by molar-refractivity contribution is -0.140. The second kappa shape index (κ2) is 9.01. The van der Waals surface area contributed by atoms with Crippen LogP contribution in [-0.2, 0) is 4.79 Å². The molecule has 0 atom stereocenters. The summed E-state index contributed by atoms with van der Waals surface area (Å²) in [5.41, 5.74) is 0.739. The number of carbonyl (C=O) groups is 1. The van der Waals surface area contributed by atoms with E-state index in [1.165, 1.54) is 19.3 Å². The molecule has 0 saturated heterocycles. The molecule has 0 N–H and O–H groups in total. The molecule has 1 saturated carbocycles. The molecule has 0 spiro atoms. The molecule has 0 bridgehead atoms. The second-order valence-corrected chi connectivity index (χ2v) is 6.17. The quantitative estimate of drug-likeness (QED) is 0.458. The Kier molecular flexibility index (Phi) is 6.70. The van der Waals surface area contributed by atoms with Crippen LogP contribution in [0.4, 0.5) is 0 Å². The van der Waals surface area contributed by atoms with Gasteiger partial charge < -0.3 is 4.74 Å². The largest absolute Gasteiger partial charge is 0.426 e. The Labute approximate surface area is 138 Å². The zero-order chi connectivity index (χ0) is 16.5. The van der Waals surface area contributed by atoms with Gasteiger partial charge in [0, 0.05) is 11.5 Å². The van der Waals surface area contributed by atoms with E-state index in [1.54, 1.807) is 30.3 Å². The van der Waals surface area contributed by atoms with E-state index in [1.807, 2.05) is 0 Å². The number of nitrogens with zero attached hydrogens (tertiary/aromatic N) is 1. The number of benzene rings is 1. The Morgan fingerprint density at radius 3 is 2.52 bits per heavy atom. The summed E-state index contributed by atoms with van der Waals surface area (Å²) < 4.78 is 5.48. The minimum absolute atomic E-state index is 0.0333. The highest BCUT2D eigenvalue weighted by atomic mass is 16.5. The number of nitriles is 1. The summed E-state index contributed by atoms with van der Waals surface area (Å²) in [6.45, 7) is 2.22. The molecule has 0 radical (unpaired) electrons. The minimum Gasteiger partial charge on any atom is -0.426 e. The van der Waals surface area contributed by atoms with Crippen LogP contribution in [0.2, 0.25) is 0 Å². The third-order valence-electron chi connectivity index (χ3n) is 4.48. The first-order chi connectivity index (χ1) is 11.2. The lowest BCUT2D eigenvalue weighted by atomic mass is 9.80. The molecule has 3 heteroatoms. The Hall–Kier alpha value is -2.26. The van der Waals surface area contributed by atoms with Gasteiger partial charge in [0.2, 0.25) is 0 Å². The maximum atomic E-state index is 12.3. The number of hydrogen-bond donors (Lipinski definition) is 0. The predicted molar refractivity (Wildman–Crippen MR) is 89.5 cm³/mol. The molecular formula is C20H23NO2. The first kappa shape index (κ1) is 17.1. The van der Waals surface area contributed by atoms with Crippen molar-refractivity contribution in [1.29, 1.82) is 5.26 Å². The molecule has 0 unspecified atom stereocenters. The van der Waals surface area contributed by atoms with Crippen molar-refractivity contribution >= 4 is 5.97 Å². The fourth-order valence-electron chi connectivity index (χ4n) is 3.09. The third kappa shape index (κ3) is 5.46. The summed E-state index contributed by atoms with van der Waals surface area (Å²) in [5, 5.41) is 8.42. The van der Waals surface area contributed by atoms with E-state index in [0.717, 1.165) is 37.2 Å². The van der Waals surface area contributed by atoms with Crippen LogP contribution in [0.15, 0.2) is 24.3 Å². The highest BCUT2D eigenvalue weighted by Crippen LogP contribution is 2.32. The Morgan fingerprint density at radius 1 is 1.22 bits per heavy atom. The summed E-state index contributed by atoms with van der Waals surface area (Å²) in [4.78, 5) is 12.3. The van der Waals surface area contributed by atoms with E-state index < -0.39 is 0 Å². The van der Waals surface area contributed by atoms with Crippen LogP contribution in [0.25, 0.3) is 0 Å². The van der Waals surface area contributed by atoms with Gasteiger partial charge >= 0.3 is 5.97 Å². The van der Waals surface area contributed by atoms with Crippen molar-refractivity contribution in [2.75, 3.05) is 0 Å². The summed E-state index contributed by atoms with van der Waals surface area (Å²) in [7, 11) is 0. The van der Waals surface area contributed by atoms with Crippen LogP contribution in [-0.4, -0.2) is 5.97 Å². The van der Waals surface area contributed by atoms with Crippen LogP contribution in [0, 0.1) is 35.0 Å². The fraction of sp³-hybridized carbons (Fsp3) is 0.500. The van der Waals surface area contributed by atoms with Gasteiger partial charge in [-0.2, -0.15) is 5.26 Å². The van der Waals surface area contributed by atoms with E-state index in [9.17, 15) is 4.79 Å². The number of unbranched alkanes of at least 4 members (excludes halogenated alkanes) is 1. The van der Waals surface area contributed by atoms with Crippen LogP contribution < -0.4 is 4.74 Å². The van der Waals surface area contributed by atoms with E-state index in [4.69, 9.17) is 10.00 Å². The molecule has 0 aromatic heterocycles. The summed E-state index contributed by atoms with van der Waals surface area (Å²) in [6, 6.07) is 8.75. The van der Waals surface area contributed by atoms with Crippen LogP contribution in [0.1, 0.15) is 57.4 Å². The molecule has 1 aliphatic carbocycles. The van der Waals surface area contributed by atoms with E-state index >= 15 is 0 Å². The number of carbonyl (C=O) groups excluding carboxylic acids is 1. The highest BCUT2D eigenvalue weighted by molar-refractivity contribution is 5.75. The molecule has 1 aliphatic rings. The maximum absolute atomic E-state index is 12.3. The van der Waals surface area contributed by atoms with Crippen molar-refractivity contribution in [2.24, 2.45) is 11.8 Å². The predicted octanol–water partition coefficient (Wildman–Crippen LogP) is 4.46. The first-order valence-electron chi connectivity index (χ1n) is 8.44. The van der Waals surface area contributed by atoms with Crippen molar-refractivity contribution in [3.05, 3.63) is 29.8 Å². The van der Waals surface area contributed by atoms with Gasteiger partial charge in [-0.15, -0.1) is 0 Å². The highest BCUT2D eigenvalue weighted by Gasteiger charge is 2.27. The van der Waals surface area contributed by atoms with Gasteiger partial charge in [0.25, 0.3) is 0 Å². The molecule has 0 aliphatic heterocycles. The van der Waals surface area contributed by atoms with Gasteiger partial charge in [-0.25, -0.2) is 0 Å². The average Bonchev–Trinajstić information content (AvgIpc) is 2.59. The van der Waals surface area contributed by atoms with Gasteiger partial charge in [0.1, 0.15) is 5.75 Å². The van der Waals surface area contributed by atoms with Crippen molar-refractivity contribution < 1.29 is 9.53 Å². The van der Waals surface area contributed by atoms with Crippen LogP contribution >= 0.6 is 0 Å². The van der Waals surface area contributed by atoms with Crippen LogP contribution in [0.5, 0.6) is 5.75 Å². The SMILES string of the molecule is CCCCC1CCC(C(=O)Oc2ccc(C#CC#N)cc2)CC1. The molecule has 0 heterocycles. The average molecular weight is 309 g/mol. The number of ether oxygens (including phenoxy) is 1.